The molecule has 0 aromatic carbocycles. The lowest BCUT2D eigenvalue weighted by Crippen LogP contribution is -2.25. The molecule has 11 heteroatoms. The topological polar surface area (TPSA) is 116 Å². The first-order valence-electron chi connectivity index (χ1n) is 8.04. The Morgan fingerprint density at radius 3 is 1.72 bits per heavy atom. The zero-order valence-electron chi connectivity index (χ0n) is 14.9. The maximum Gasteiger partial charge on any atom is 0.365 e. The number of rotatable bonds is 12. The normalized spacial score (nSPS) is 12.5. The number of nitrogens with zero attached hydrogens (tertiary/aromatic N) is 1. The van der Waals surface area contributed by atoms with Gasteiger partial charge in [0.15, 0.2) is 0 Å². The molecule has 0 bridgehead atoms. The SMILES string of the molecule is CCOP(=O)(OCC)C(Nc1ccc(O)cn1)P(=O)(OCC)OCC. The van der Waals surface area contributed by atoms with Crippen LogP contribution in [0, 0.1) is 0 Å². The lowest BCUT2D eigenvalue weighted by atomic mass is 10.4. The Bertz CT molecular complexity index is 562. The Hall–Kier alpha value is -0.950. The molecule has 9 nitrogen and oxygen atoms in total. The average Bonchev–Trinajstić information content (AvgIpc) is 2.55. The highest BCUT2D eigenvalue weighted by molar-refractivity contribution is 7.72. The molecule has 0 aliphatic heterocycles. The predicted octanol–water partition coefficient (Wildman–Crippen LogP) is 4.01. The molecule has 0 fully saturated rings. The second-order valence-electron chi connectivity index (χ2n) is 4.67. The van der Waals surface area contributed by atoms with Gasteiger partial charge in [0.25, 0.3) is 0 Å². The van der Waals surface area contributed by atoms with Crippen LogP contribution in [0.25, 0.3) is 0 Å². The van der Waals surface area contributed by atoms with Gasteiger partial charge >= 0.3 is 15.2 Å². The zero-order chi connectivity index (χ0) is 18.9. The number of hydrogen-bond acceptors (Lipinski definition) is 9. The third kappa shape index (κ3) is 6.06. The van der Waals surface area contributed by atoms with Crippen LogP contribution < -0.4 is 5.32 Å². The molecule has 0 unspecified atom stereocenters. The molecule has 1 aromatic rings. The molecule has 0 saturated carbocycles. The van der Waals surface area contributed by atoms with Crippen molar-refractivity contribution in [3.8, 4) is 5.75 Å². The van der Waals surface area contributed by atoms with Crippen LogP contribution in [0.3, 0.4) is 0 Å². The van der Waals surface area contributed by atoms with Gasteiger partial charge in [0.2, 0.25) is 5.52 Å². The summed E-state index contributed by atoms with van der Waals surface area (Å²) in [5, 5.41) is 12.1. The molecule has 1 rings (SSSR count). The van der Waals surface area contributed by atoms with Gasteiger partial charge in [-0.15, -0.1) is 0 Å². The maximum absolute atomic E-state index is 13.3. The van der Waals surface area contributed by atoms with Crippen molar-refractivity contribution < 1.29 is 32.3 Å². The zero-order valence-corrected chi connectivity index (χ0v) is 16.7. The lowest BCUT2D eigenvalue weighted by molar-refractivity contribution is 0.198. The highest BCUT2D eigenvalue weighted by Crippen LogP contribution is 2.70. The predicted molar refractivity (Wildman–Crippen MR) is 95.0 cm³/mol. The molecule has 0 aliphatic rings. The molecule has 1 heterocycles. The Kier molecular flexibility index (Phi) is 9.07. The Labute approximate surface area is 148 Å². The molecule has 0 saturated heterocycles. The van der Waals surface area contributed by atoms with Gasteiger partial charge in [0.1, 0.15) is 11.6 Å². The molecule has 0 amide bonds. The van der Waals surface area contributed by atoms with Crippen LogP contribution in [-0.4, -0.2) is 42.0 Å². The number of aromatic nitrogens is 1. The van der Waals surface area contributed by atoms with Crippen molar-refractivity contribution in [2.24, 2.45) is 0 Å². The van der Waals surface area contributed by atoms with E-state index >= 15 is 0 Å². The molecule has 1 aromatic heterocycles. The van der Waals surface area contributed by atoms with Crippen molar-refractivity contribution >= 4 is 21.0 Å². The summed E-state index contributed by atoms with van der Waals surface area (Å²) in [7, 11) is -7.83. The summed E-state index contributed by atoms with van der Waals surface area (Å²) in [4.78, 5) is 3.96. The van der Waals surface area contributed by atoms with Crippen molar-refractivity contribution in [3.05, 3.63) is 18.3 Å². The van der Waals surface area contributed by atoms with Crippen molar-refractivity contribution in [2.75, 3.05) is 31.7 Å². The summed E-state index contributed by atoms with van der Waals surface area (Å²) >= 11 is 0. The molecule has 0 atom stereocenters. The van der Waals surface area contributed by atoms with E-state index < -0.39 is 20.7 Å². The van der Waals surface area contributed by atoms with E-state index in [4.69, 9.17) is 18.1 Å². The summed E-state index contributed by atoms with van der Waals surface area (Å²) < 4.78 is 47.8. The minimum atomic E-state index is -3.91. The van der Waals surface area contributed by atoms with Gasteiger partial charge in [-0.25, -0.2) is 4.98 Å². The first kappa shape index (κ1) is 22.1. The number of hydrogen-bond donors (Lipinski definition) is 2. The van der Waals surface area contributed by atoms with E-state index in [0.29, 0.717) is 0 Å². The number of pyridine rings is 1. The average molecular weight is 396 g/mol. The van der Waals surface area contributed by atoms with E-state index in [2.05, 4.69) is 10.3 Å². The first-order valence-corrected chi connectivity index (χ1v) is 11.3. The minimum Gasteiger partial charge on any atom is -0.506 e. The second kappa shape index (κ2) is 10.3. The van der Waals surface area contributed by atoms with Gasteiger partial charge in [-0.05, 0) is 39.8 Å². The van der Waals surface area contributed by atoms with E-state index in [9.17, 15) is 14.2 Å². The smallest absolute Gasteiger partial charge is 0.365 e. The fraction of sp³-hybridized carbons (Fsp3) is 0.643. The van der Waals surface area contributed by atoms with Crippen LogP contribution in [0.1, 0.15) is 27.7 Å². The number of aromatic hydroxyl groups is 1. The van der Waals surface area contributed by atoms with Gasteiger partial charge in [0.05, 0.1) is 32.6 Å². The van der Waals surface area contributed by atoms with E-state index in [1.807, 2.05) is 0 Å². The second-order valence-corrected chi connectivity index (χ2v) is 9.30. The molecule has 144 valence electrons. The van der Waals surface area contributed by atoms with Gasteiger partial charge in [0, 0.05) is 0 Å². The van der Waals surface area contributed by atoms with Crippen molar-refractivity contribution in [2.45, 2.75) is 33.2 Å². The highest BCUT2D eigenvalue weighted by Gasteiger charge is 2.51. The van der Waals surface area contributed by atoms with E-state index in [1.165, 1.54) is 18.3 Å². The fourth-order valence-corrected chi connectivity index (χ4v) is 6.93. The fourth-order valence-electron chi connectivity index (χ4n) is 2.01. The third-order valence-corrected chi connectivity index (χ3v) is 8.49. The molecular weight excluding hydrogens is 370 g/mol. The summed E-state index contributed by atoms with van der Waals surface area (Å²) in [5.41, 5.74) is -1.41. The van der Waals surface area contributed by atoms with Crippen molar-refractivity contribution in [3.63, 3.8) is 0 Å². The summed E-state index contributed by atoms with van der Waals surface area (Å²) in [6.07, 6.45) is 1.19. The monoisotopic (exact) mass is 396 g/mol. The Morgan fingerprint density at radius 1 is 0.960 bits per heavy atom. The molecule has 25 heavy (non-hydrogen) atoms. The van der Waals surface area contributed by atoms with Crippen LogP contribution in [-0.2, 0) is 27.2 Å². The number of nitrogens with one attached hydrogen (secondary N) is 1. The van der Waals surface area contributed by atoms with Crippen molar-refractivity contribution in [1.82, 2.24) is 4.98 Å². The van der Waals surface area contributed by atoms with Crippen molar-refractivity contribution in [1.29, 1.82) is 0 Å². The molecule has 2 N–H and O–H groups in total. The van der Waals surface area contributed by atoms with Gasteiger partial charge in [-0.1, -0.05) is 0 Å². The Balaban J connectivity index is 3.34. The first-order chi connectivity index (χ1) is 11.8. The standard InChI is InChI=1S/C14H26N2O7P2/c1-5-20-24(18,21-6-2)14(25(19,22-7-3)23-8-4)16-13-10-9-12(17)11-15-13/h9-11,14,17H,5-8H2,1-4H3,(H,15,16). The lowest BCUT2D eigenvalue weighted by Gasteiger charge is -2.31. The van der Waals surface area contributed by atoms with Crippen LogP contribution in [0.4, 0.5) is 5.82 Å². The largest absolute Gasteiger partial charge is 0.506 e. The summed E-state index contributed by atoms with van der Waals surface area (Å²) in [5.74, 6) is 0.166. The third-order valence-electron chi connectivity index (χ3n) is 2.86. The molecular formula is C14H26N2O7P2. The summed E-state index contributed by atoms with van der Waals surface area (Å²) in [6.45, 7) is 6.91. The van der Waals surface area contributed by atoms with Gasteiger partial charge in [-0.3, -0.25) is 9.13 Å². The van der Waals surface area contributed by atoms with Crippen LogP contribution >= 0.6 is 15.2 Å². The van der Waals surface area contributed by atoms with Crippen LogP contribution in [0.15, 0.2) is 18.3 Å². The molecule has 0 radical (unpaired) electrons. The summed E-state index contributed by atoms with van der Waals surface area (Å²) in [6, 6.07) is 2.82. The minimum absolute atomic E-state index is 0.0438. The maximum atomic E-state index is 13.3. The molecule has 0 aliphatic carbocycles. The van der Waals surface area contributed by atoms with Gasteiger partial charge < -0.3 is 28.5 Å². The highest BCUT2D eigenvalue weighted by atomic mass is 31.2. The van der Waals surface area contributed by atoms with E-state index in [-0.39, 0.29) is 38.0 Å². The quantitative estimate of drug-likeness (QED) is 0.505. The van der Waals surface area contributed by atoms with Crippen LogP contribution in [0.2, 0.25) is 0 Å². The van der Waals surface area contributed by atoms with Crippen LogP contribution in [0.5, 0.6) is 5.75 Å². The van der Waals surface area contributed by atoms with E-state index in [1.54, 1.807) is 27.7 Å². The number of anilines is 1. The van der Waals surface area contributed by atoms with Gasteiger partial charge in [-0.2, -0.15) is 0 Å². The Morgan fingerprint density at radius 2 is 1.40 bits per heavy atom. The van der Waals surface area contributed by atoms with E-state index in [0.717, 1.165) is 0 Å². The molecule has 0 spiro atoms.